The van der Waals surface area contributed by atoms with E-state index in [2.05, 4.69) is 41.3 Å². The lowest BCUT2D eigenvalue weighted by Gasteiger charge is -2.23. The number of phenols is 1. The molecule has 2 atom stereocenters. The topological polar surface area (TPSA) is 32.7 Å². The van der Waals surface area contributed by atoms with Gasteiger partial charge in [0.15, 0.2) is 0 Å². The highest BCUT2D eigenvalue weighted by Crippen LogP contribution is 2.41. The maximum Gasteiger partial charge on any atom is 0.124 e. The molecule has 0 amide bonds. The predicted octanol–water partition coefficient (Wildman–Crippen LogP) is 4.01. The Morgan fingerprint density at radius 1 is 1.04 bits per heavy atom. The minimum atomic E-state index is 0.0114. The van der Waals surface area contributed by atoms with Crippen molar-refractivity contribution in [2.24, 2.45) is 0 Å². The van der Waals surface area contributed by atoms with E-state index >= 15 is 0 Å². The summed E-state index contributed by atoms with van der Waals surface area (Å²) in [5.74, 6) is 0.296. The van der Waals surface area contributed by atoms with E-state index in [0.717, 1.165) is 24.8 Å². The summed E-state index contributed by atoms with van der Waals surface area (Å²) in [5, 5.41) is 9.44. The molecule has 0 bridgehead atoms. The van der Waals surface area contributed by atoms with Crippen molar-refractivity contribution in [3.05, 3.63) is 77.5 Å². The van der Waals surface area contributed by atoms with Gasteiger partial charge in [0, 0.05) is 11.7 Å². The molecule has 118 valence electrons. The quantitative estimate of drug-likeness (QED) is 0.926. The zero-order valence-electron chi connectivity index (χ0n) is 13.1. The molecule has 2 aliphatic heterocycles. The van der Waals surface area contributed by atoms with Crippen LogP contribution in [0.15, 0.2) is 66.4 Å². The Morgan fingerprint density at radius 3 is 2.61 bits per heavy atom. The van der Waals surface area contributed by atoms with Crippen LogP contribution < -0.4 is 0 Å². The molecule has 2 aromatic rings. The molecule has 3 nitrogen and oxygen atoms in total. The first-order valence-electron chi connectivity index (χ1n) is 8.22. The standard InChI is InChI=1S/C20H21NO2/c22-18-11-7-16(8-12-18)20-19-13-10-17(21(19)14-23-20)9-6-15-4-2-1-3-5-15/h1-5,7-8,11-13,17,20,22H,6,9-10,14H2. The number of hydrogen-bond donors (Lipinski definition) is 1. The van der Waals surface area contributed by atoms with E-state index in [1.54, 1.807) is 12.1 Å². The molecular formula is C20H21NO2. The summed E-state index contributed by atoms with van der Waals surface area (Å²) >= 11 is 0. The average molecular weight is 307 g/mol. The molecule has 4 rings (SSSR count). The van der Waals surface area contributed by atoms with Crippen LogP contribution in [0.5, 0.6) is 5.75 Å². The lowest BCUT2D eigenvalue weighted by Crippen LogP contribution is -2.27. The third-order valence-corrected chi connectivity index (χ3v) is 4.83. The van der Waals surface area contributed by atoms with Crippen LogP contribution in [0.25, 0.3) is 0 Å². The van der Waals surface area contributed by atoms with Crippen LogP contribution in [0, 0.1) is 0 Å². The summed E-state index contributed by atoms with van der Waals surface area (Å²) in [4.78, 5) is 2.40. The van der Waals surface area contributed by atoms with Crippen LogP contribution in [0.4, 0.5) is 0 Å². The number of nitrogens with zero attached hydrogens (tertiary/aromatic N) is 1. The molecule has 1 saturated heterocycles. The molecule has 0 aliphatic carbocycles. The van der Waals surface area contributed by atoms with Crippen molar-refractivity contribution in [2.45, 2.75) is 31.4 Å². The van der Waals surface area contributed by atoms with Crippen LogP contribution in [-0.2, 0) is 11.2 Å². The van der Waals surface area contributed by atoms with E-state index in [0.29, 0.717) is 18.5 Å². The molecule has 0 saturated carbocycles. The minimum absolute atomic E-state index is 0.0114. The van der Waals surface area contributed by atoms with E-state index in [9.17, 15) is 5.11 Å². The van der Waals surface area contributed by atoms with Crippen molar-refractivity contribution in [3.63, 3.8) is 0 Å². The van der Waals surface area contributed by atoms with Crippen LogP contribution >= 0.6 is 0 Å². The van der Waals surface area contributed by atoms with Crippen LogP contribution in [-0.4, -0.2) is 22.8 Å². The van der Waals surface area contributed by atoms with Gasteiger partial charge in [0.2, 0.25) is 0 Å². The number of rotatable bonds is 4. The van der Waals surface area contributed by atoms with Crippen LogP contribution in [0.3, 0.4) is 0 Å². The van der Waals surface area contributed by atoms with Gasteiger partial charge in [-0.15, -0.1) is 0 Å². The predicted molar refractivity (Wildman–Crippen MR) is 89.9 cm³/mol. The number of hydrogen-bond acceptors (Lipinski definition) is 3. The highest BCUT2D eigenvalue weighted by atomic mass is 16.5. The molecular weight excluding hydrogens is 286 g/mol. The molecule has 0 radical (unpaired) electrons. The Labute approximate surface area is 136 Å². The Hall–Kier alpha value is -2.26. The third-order valence-electron chi connectivity index (χ3n) is 4.83. The van der Waals surface area contributed by atoms with Gasteiger partial charge in [-0.2, -0.15) is 0 Å². The van der Waals surface area contributed by atoms with Crippen LogP contribution in [0.1, 0.15) is 30.1 Å². The highest BCUT2D eigenvalue weighted by molar-refractivity contribution is 5.34. The van der Waals surface area contributed by atoms with Gasteiger partial charge in [0.25, 0.3) is 0 Å². The number of ether oxygens (including phenoxy) is 1. The van der Waals surface area contributed by atoms with Crippen molar-refractivity contribution < 1.29 is 9.84 Å². The first-order valence-corrected chi connectivity index (χ1v) is 8.22. The van der Waals surface area contributed by atoms with Gasteiger partial charge in [-0.25, -0.2) is 0 Å². The summed E-state index contributed by atoms with van der Waals surface area (Å²) in [6.45, 7) is 0.664. The smallest absolute Gasteiger partial charge is 0.124 e. The average Bonchev–Trinajstić information content (AvgIpc) is 3.17. The first-order chi connectivity index (χ1) is 11.3. The maximum atomic E-state index is 9.44. The number of fused-ring (bicyclic) bond motifs is 1. The molecule has 3 heteroatoms. The lowest BCUT2D eigenvalue weighted by molar-refractivity contribution is 0.0760. The van der Waals surface area contributed by atoms with Gasteiger partial charge >= 0.3 is 0 Å². The Morgan fingerprint density at radius 2 is 1.83 bits per heavy atom. The number of aryl methyl sites for hydroxylation is 1. The van der Waals surface area contributed by atoms with E-state index in [4.69, 9.17) is 4.74 Å². The molecule has 1 N–H and O–H groups in total. The van der Waals surface area contributed by atoms with Gasteiger partial charge in [-0.1, -0.05) is 48.5 Å². The zero-order valence-corrected chi connectivity index (χ0v) is 13.1. The van der Waals surface area contributed by atoms with E-state index in [1.807, 2.05) is 12.1 Å². The minimum Gasteiger partial charge on any atom is -0.508 e. The summed E-state index contributed by atoms with van der Waals surface area (Å²) in [7, 11) is 0. The lowest BCUT2D eigenvalue weighted by atomic mass is 10.0. The Balaban J connectivity index is 1.42. The molecule has 2 aliphatic rings. The fourth-order valence-corrected chi connectivity index (χ4v) is 3.56. The largest absolute Gasteiger partial charge is 0.508 e. The Bertz CT molecular complexity index is 693. The second kappa shape index (κ2) is 6.09. The summed E-state index contributed by atoms with van der Waals surface area (Å²) in [6, 6.07) is 18.5. The molecule has 2 heterocycles. The highest BCUT2D eigenvalue weighted by Gasteiger charge is 2.37. The summed E-state index contributed by atoms with van der Waals surface area (Å²) < 4.78 is 6.00. The van der Waals surface area contributed by atoms with Gasteiger partial charge in [-0.05, 0) is 42.5 Å². The SMILES string of the molecule is Oc1ccc(C2OCN3C2=CCC3CCc2ccccc2)cc1. The Kier molecular flexibility index (Phi) is 3.80. The number of benzene rings is 2. The molecule has 23 heavy (non-hydrogen) atoms. The molecule has 0 spiro atoms. The normalized spacial score (nSPS) is 23.0. The number of phenolic OH excluding ortho intramolecular Hbond substituents is 1. The van der Waals surface area contributed by atoms with E-state index < -0.39 is 0 Å². The molecule has 1 fully saturated rings. The van der Waals surface area contributed by atoms with Crippen LogP contribution in [0.2, 0.25) is 0 Å². The number of aromatic hydroxyl groups is 1. The summed E-state index contributed by atoms with van der Waals surface area (Å²) in [6.07, 6.45) is 5.68. The van der Waals surface area contributed by atoms with Crippen molar-refractivity contribution >= 4 is 0 Å². The summed E-state index contributed by atoms with van der Waals surface area (Å²) in [5.41, 5.74) is 3.80. The van der Waals surface area contributed by atoms with Crippen molar-refractivity contribution in [1.29, 1.82) is 0 Å². The van der Waals surface area contributed by atoms with E-state index in [-0.39, 0.29) is 6.10 Å². The molecule has 2 aromatic carbocycles. The zero-order chi connectivity index (χ0) is 15.6. The van der Waals surface area contributed by atoms with Gasteiger partial charge in [-0.3, -0.25) is 0 Å². The maximum absolute atomic E-state index is 9.44. The van der Waals surface area contributed by atoms with Crippen molar-refractivity contribution in [3.8, 4) is 5.75 Å². The molecule has 0 aromatic heterocycles. The van der Waals surface area contributed by atoms with Gasteiger partial charge in [0.1, 0.15) is 18.6 Å². The van der Waals surface area contributed by atoms with Crippen molar-refractivity contribution in [2.75, 3.05) is 6.73 Å². The molecule has 2 unspecified atom stereocenters. The fourth-order valence-electron chi connectivity index (χ4n) is 3.56. The van der Waals surface area contributed by atoms with Gasteiger partial charge < -0.3 is 14.7 Å². The second-order valence-electron chi connectivity index (χ2n) is 6.28. The third kappa shape index (κ3) is 2.84. The monoisotopic (exact) mass is 307 g/mol. The second-order valence-corrected chi connectivity index (χ2v) is 6.28. The fraction of sp³-hybridized carbons (Fsp3) is 0.300. The first kappa shape index (κ1) is 14.3. The van der Waals surface area contributed by atoms with Gasteiger partial charge in [0.05, 0.1) is 0 Å². The van der Waals surface area contributed by atoms with E-state index in [1.165, 1.54) is 11.3 Å². The van der Waals surface area contributed by atoms with Crippen molar-refractivity contribution in [1.82, 2.24) is 4.90 Å².